The van der Waals surface area contributed by atoms with E-state index in [1.54, 1.807) is 6.07 Å². The number of hydrogen-bond acceptors (Lipinski definition) is 1. The van der Waals surface area contributed by atoms with E-state index in [0.29, 0.717) is 16.5 Å². The standard InChI is InChI=1S/C16H22Cl2O/c17-14-8-7-13(16(18)11-14)10-15(19)9-6-12-4-2-1-3-5-12/h7-8,11-12,15,19H,1-6,9-10H2. The van der Waals surface area contributed by atoms with Crippen molar-refractivity contribution in [2.45, 2.75) is 57.5 Å². The van der Waals surface area contributed by atoms with Gasteiger partial charge in [0.1, 0.15) is 0 Å². The molecule has 0 heterocycles. The van der Waals surface area contributed by atoms with E-state index in [1.807, 2.05) is 12.1 Å². The molecule has 1 N–H and O–H groups in total. The minimum absolute atomic E-state index is 0.291. The fourth-order valence-electron chi connectivity index (χ4n) is 2.95. The maximum atomic E-state index is 10.1. The molecule has 1 fully saturated rings. The van der Waals surface area contributed by atoms with Crippen LogP contribution >= 0.6 is 23.2 Å². The van der Waals surface area contributed by atoms with E-state index in [2.05, 4.69) is 0 Å². The summed E-state index contributed by atoms with van der Waals surface area (Å²) in [6.07, 6.45) is 9.16. The summed E-state index contributed by atoms with van der Waals surface area (Å²) in [5.41, 5.74) is 0.988. The van der Waals surface area contributed by atoms with Crippen LogP contribution in [-0.4, -0.2) is 11.2 Å². The van der Waals surface area contributed by atoms with E-state index < -0.39 is 0 Å². The van der Waals surface area contributed by atoms with E-state index in [-0.39, 0.29) is 6.10 Å². The fourth-order valence-corrected chi connectivity index (χ4v) is 3.43. The minimum atomic E-state index is -0.291. The van der Waals surface area contributed by atoms with Crippen molar-refractivity contribution in [3.63, 3.8) is 0 Å². The van der Waals surface area contributed by atoms with Crippen LogP contribution in [0.15, 0.2) is 18.2 Å². The first kappa shape index (κ1) is 15.2. The Bertz CT molecular complexity index is 400. The van der Waals surface area contributed by atoms with Crippen molar-refractivity contribution in [2.24, 2.45) is 5.92 Å². The highest BCUT2D eigenvalue weighted by Gasteiger charge is 2.16. The van der Waals surface area contributed by atoms with E-state index >= 15 is 0 Å². The van der Waals surface area contributed by atoms with Crippen LogP contribution in [0.5, 0.6) is 0 Å². The predicted molar refractivity (Wildman–Crippen MR) is 82.0 cm³/mol. The second-order valence-electron chi connectivity index (χ2n) is 5.68. The molecule has 0 radical (unpaired) electrons. The predicted octanol–water partition coefficient (Wildman–Crippen LogP) is 5.26. The zero-order valence-corrected chi connectivity index (χ0v) is 12.8. The Morgan fingerprint density at radius 2 is 1.89 bits per heavy atom. The Hall–Kier alpha value is -0.240. The van der Waals surface area contributed by atoms with Gasteiger partial charge in [0.05, 0.1) is 6.10 Å². The first-order valence-electron chi connectivity index (χ1n) is 7.27. The lowest BCUT2D eigenvalue weighted by Crippen LogP contribution is -2.14. The first-order chi connectivity index (χ1) is 9.15. The second kappa shape index (κ2) is 7.52. The van der Waals surface area contributed by atoms with Crippen molar-refractivity contribution in [2.75, 3.05) is 0 Å². The molecule has 1 aliphatic rings. The SMILES string of the molecule is OC(CCC1CCCCC1)Cc1ccc(Cl)cc1Cl. The number of halogens is 2. The van der Waals surface area contributed by atoms with Crippen molar-refractivity contribution >= 4 is 23.2 Å². The van der Waals surface area contributed by atoms with E-state index in [9.17, 15) is 5.11 Å². The highest BCUT2D eigenvalue weighted by atomic mass is 35.5. The quantitative estimate of drug-likeness (QED) is 0.786. The van der Waals surface area contributed by atoms with Gasteiger partial charge in [-0.1, -0.05) is 61.4 Å². The van der Waals surface area contributed by atoms with Crippen LogP contribution in [0.4, 0.5) is 0 Å². The number of benzene rings is 1. The third-order valence-corrected chi connectivity index (χ3v) is 4.69. The summed E-state index contributed by atoms with van der Waals surface area (Å²) in [6.45, 7) is 0. The van der Waals surface area contributed by atoms with Crippen LogP contribution < -0.4 is 0 Å². The highest BCUT2D eigenvalue weighted by molar-refractivity contribution is 6.35. The molecule has 1 unspecified atom stereocenters. The summed E-state index contributed by atoms with van der Waals surface area (Å²) in [5, 5.41) is 11.4. The summed E-state index contributed by atoms with van der Waals surface area (Å²) in [6, 6.07) is 5.48. The molecular weight excluding hydrogens is 279 g/mol. The van der Waals surface area contributed by atoms with E-state index in [4.69, 9.17) is 23.2 Å². The molecule has 3 heteroatoms. The van der Waals surface area contributed by atoms with Gasteiger partial charge in [-0.15, -0.1) is 0 Å². The van der Waals surface area contributed by atoms with E-state index in [0.717, 1.165) is 24.3 Å². The lowest BCUT2D eigenvalue weighted by Gasteiger charge is -2.22. The van der Waals surface area contributed by atoms with Gasteiger partial charge in [-0.3, -0.25) is 0 Å². The first-order valence-corrected chi connectivity index (χ1v) is 8.02. The molecule has 0 aromatic heterocycles. The lowest BCUT2D eigenvalue weighted by atomic mass is 9.85. The van der Waals surface area contributed by atoms with Gasteiger partial charge in [0.2, 0.25) is 0 Å². The summed E-state index contributed by atoms with van der Waals surface area (Å²) in [7, 11) is 0. The van der Waals surface area contributed by atoms with Gasteiger partial charge in [0.15, 0.2) is 0 Å². The summed E-state index contributed by atoms with van der Waals surface area (Å²) < 4.78 is 0. The van der Waals surface area contributed by atoms with Crippen LogP contribution in [-0.2, 0) is 6.42 Å². The molecule has 2 rings (SSSR count). The average molecular weight is 301 g/mol. The molecule has 0 spiro atoms. The van der Waals surface area contributed by atoms with Crippen molar-refractivity contribution in [1.29, 1.82) is 0 Å². The molecule has 0 amide bonds. The van der Waals surface area contributed by atoms with Crippen LogP contribution in [0, 0.1) is 5.92 Å². The second-order valence-corrected chi connectivity index (χ2v) is 6.52. The zero-order valence-electron chi connectivity index (χ0n) is 11.2. The Labute approximate surface area is 125 Å². The van der Waals surface area contributed by atoms with Crippen LogP contribution in [0.2, 0.25) is 10.0 Å². The molecule has 1 atom stereocenters. The van der Waals surface area contributed by atoms with Crippen molar-refractivity contribution in [1.82, 2.24) is 0 Å². The molecule has 1 aromatic rings. The van der Waals surface area contributed by atoms with Gasteiger partial charge in [-0.05, 0) is 42.9 Å². The molecule has 1 aliphatic carbocycles. The average Bonchev–Trinajstić information content (AvgIpc) is 2.41. The summed E-state index contributed by atoms with van der Waals surface area (Å²) in [4.78, 5) is 0. The Morgan fingerprint density at radius 1 is 1.16 bits per heavy atom. The molecule has 1 aromatic carbocycles. The van der Waals surface area contributed by atoms with Gasteiger partial charge >= 0.3 is 0 Å². The van der Waals surface area contributed by atoms with Gasteiger partial charge < -0.3 is 5.11 Å². The monoisotopic (exact) mass is 300 g/mol. The topological polar surface area (TPSA) is 20.2 Å². The Morgan fingerprint density at radius 3 is 2.58 bits per heavy atom. The minimum Gasteiger partial charge on any atom is -0.393 e. The van der Waals surface area contributed by atoms with Crippen molar-refractivity contribution in [3.8, 4) is 0 Å². The van der Waals surface area contributed by atoms with Crippen molar-refractivity contribution < 1.29 is 5.11 Å². The normalized spacial score (nSPS) is 18.5. The smallest absolute Gasteiger partial charge is 0.0581 e. The molecule has 106 valence electrons. The van der Waals surface area contributed by atoms with Crippen molar-refractivity contribution in [3.05, 3.63) is 33.8 Å². The summed E-state index contributed by atoms with van der Waals surface area (Å²) in [5.74, 6) is 0.823. The molecule has 0 bridgehead atoms. The largest absolute Gasteiger partial charge is 0.393 e. The molecular formula is C16H22Cl2O. The molecule has 1 nitrogen and oxygen atoms in total. The van der Waals surface area contributed by atoms with Gasteiger partial charge in [0, 0.05) is 10.0 Å². The molecule has 1 saturated carbocycles. The van der Waals surface area contributed by atoms with Crippen LogP contribution in [0.25, 0.3) is 0 Å². The third kappa shape index (κ3) is 4.98. The maximum absolute atomic E-state index is 10.1. The third-order valence-electron chi connectivity index (χ3n) is 4.10. The zero-order chi connectivity index (χ0) is 13.7. The van der Waals surface area contributed by atoms with Gasteiger partial charge in [-0.25, -0.2) is 0 Å². The maximum Gasteiger partial charge on any atom is 0.0581 e. The van der Waals surface area contributed by atoms with Crippen LogP contribution in [0.1, 0.15) is 50.5 Å². The lowest BCUT2D eigenvalue weighted by molar-refractivity contribution is 0.149. The number of hydrogen-bond donors (Lipinski definition) is 1. The molecule has 0 aliphatic heterocycles. The van der Waals surface area contributed by atoms with Gasteiger partial charge in [-0.2, -0.15) is 0 Å². The van der Waals surface area contributed by atoms with E-state index in [1.165, 1.54) is 32.1 Å². The molecule has 19 heavy (non-hydrogen) atoms. The fraction of sp³-hybridized carbons (Fsp3) is 0.625. The summed E-state index contributed by atoms with van der Waals surface area (Å²) >= 11 is 12.0. The number of aliphatic hydroxyl groups excluding tert-OH is 1. The number of rotatable bonds is 5. The van der Waals surface area contributed by atoms with Crippen LogP contribution in [0.3, 0.4) is 0 Å². The Balaban J connectivity index is 1.78. The number of aliphatic hydroxyl groups is 1. The highest BCUT2D eigenvalue weighted by Crippen LogP contribution is 2.29. The van der Waals surface area contributed by atoms with Gasteiger partial charge in [0.25, 0.3) is 0 Å². The molecule has 0 saturated heterocycles. The Kier molecular flexibility index (Phi) is 6.00.